The first-order chi connectivity index (χ1) is 12.5. The van der Waals surface area contributed by atoms with Gasteiger partial charge in [-0.2, -0.15) is 0 Å². The van der Waals surface area contributed by atoms with Crippen molar-refractivity contribution in [3.05, 3.63) is 35.7 Å². The minimum atomic E-state index is -0.279. The molecule has 2 rings (SSSR count). The Morgan fingerprint density at radius 2 is 0.704 bits per heavy atom. The van der Waals surface area contributed by atoms with E-state index in [4.69, 9.17) is 9.47 Å². The Balaban J connectivity index is 2.45. The maximum absolute atomic E-state index is 6.44. The molecular formula is C14H5AlI10O2. The summed E-state index contributed by atoms with van der Waals surface area (Å²) in [6, 6.07) is 0. The number of ether oxygens (including phenoxy) is 2. The smallest absolute Gasteiger partial charge is 0.229 e. The fraction of sp³-hybridized carbons (Fsp3) is 0.143. The number of hydrogen-bond acceptors (Lipinski definition) is 2. The van der Waals surface area contributed by atoms with Crippen LogP contribution in [0.1, 0.15) is 0 Å². The van der Waals surface area contributed by atoms with E-state index in [1.54, 1.807) is 0 Å². The predicted molar refractivity (Wildman–Crippen MR) is 198 cm³/mol. The molecule has 27 heavy (non-hydrogen) atoms. The summed E-state index contributed by atoms with van der Waals surface area (Å²) in [4.78, 5) is 0. The molecule has 0 atom stereocenters. The van der Waals surface area contributed by atoms with E-state index >= 15 is 0 Å². The number of rotatable bonds is 5. The Hall–Kier alpha value is 5.87. The van der Waals surface area contributed by atoms with E-state index in [1.165, 1.54) is 21.4 Å². The summed E-state index contributed by atoms with van der Waals surface area (Å²) in [6.45, 7) is 0. The van der Waals surface area contributed by atoms with Crippen molar-refractivity contribution in [2.24, 2.45) is 0 Å². The summed E-state index contributed by atoms with van der Waals surface area (Å²) in [6.07, 6.45) is -0.279. The number of halogens is 10. The van der Waals surface area contributed by atoms with Crippen LogP contribution in [0.5, 0.6) is 11.5 Å². The quantitative estimate of drug-likeness (QED) is 0.0984. The molecule has 2 aromatic carbocycles. The summed E-state index contributed by atoms with van der Waals surface area (Å²) in [5.74, 6) is 1.87. The third kappa shape index (κ3) is 6.97. The van der Waals surface area contributed by atoms with Crippen molar-refractivity contribution in [1.29, 1.82) is 0 Å². The van der Waals surface area contributed by atoms with Gasteiger partial charge in [0, 0.05) is 21.4 Å². The average molecular weight is 1500 g/mol. The van der Waals surface area contributed by atoms with E-state index in [9.17, 15) is 0 Å². The number of benzene rings is 2. The van der Waals surface area contributed by atoms with Gasteiger partial charge < -0.3 is 9.47 Å². The van der Waals surface area contributed by atoms with Gasteiger partial charge in [0.05, 0.1) is 14.3 Å². The van der Waals surface area contributed by atoms with Crippen LogP contribution in [0.25, 0.3) is 0 Å². The zero-order valence-corrected chi connectivity index (χ0v) is 36.5. The van der Waals surface area contributed by atoms with Gasteiger partial charge in [0.2, 0.25) is 22.6 Å². The first-order valence-electron chi connectivity index (χ1n) is 6.88. The lowest BCUT2D eigenvalue weighted by Crippen LogP contribution is -2.26. The second kappa shape index (κ2) is 13.3. The van der Waals surface area contributed by atoms with Crippen LogP contribution in [0.15, 0.2) is 0 Å². The highest BCUT2D eigenvalue weighted by atomic mass is 127. The normalized spacial score (nSPS) is 11.2. The van der Waals surface area contributed by atoms with Crippen molar-refractivity contribution in [2.75, 3.05) is 0 Å². The Morgan fingerprint density at radius 3 is 0.926 bits per heavy atom. The summed E-state index contributed by atoms with van der Waals surface area (Å²) in [5, 5.41) is 0.899. The molecule has 0 fully saturated rings. The third-order valence-electron chi connectivity index (χ3n) is 3.17. The molecule has 0 aliphatic heterocycles. The first-order valence-corrected chi connectivity index (χ1v) is 19.1. The van der Waals surface area contributed by atoms with E-state index in [0.29, 0.717) is 0 Å². The highest BCUT2D eigenvalue weighted by Gasteiger charge is 2.25. The fourth-order valence-electron chi connectivity index (χ4n) is 1.83. The van der Waals surface area contributed by atoms with E-state index in [0.717, 1.165) is 47.4 Å². The molecular weight excluding hydrogens is 1500 g/mol. The van der Waals surface area contributed by atoms with E-state index in [2.05, 4.69) is 226 Å². The van der Waals surface area contributed by atoms with Crippen molar-refractivity contribution in [3.63, 3.8) is 0 Å². The molecule has 0 spiro atoms. The molecule has 0 radical (unpaired) electrons. The van der Waals surface area contributed by atoms with Gasteiger partial charge in [0.1, 0.15) is 0 Å². The summed E-state index contributed by atoms with van der Waals surface area (Å²) in [5.41, 5.74) is 0. The van der Waals surface area contributed by atoms with Crippen LogP contribution >= 0.6 is 226 Å². The summed E-state index contributed by atoms with van der Waals surface area (Å²) < 4.78 is 25.0. The molecule has 2 aromatic rings. The van der Waals surface area contributed by atoms with Crippen LogP contribution in [0.2, 0.25) is 5.28 Å². The van der Waals surface area contributed by atoms with Crippen molar-refractivity contribution in [1.82, 2.24) is 0 Å². The van der Waals surface area contributed by atoms with Crippen LogP contribution in [0, 0.1) is 35.7 Å². The maximum atomic E-state index is 6.44. The second-order valence-corrected chi connectivity index (χ2v) is 16.5. The summed E-state index contributed by atoms with van der Waals surface area (Å²) >= 11 is 25.0. The van der Waals surface area contributed by atoms with Crippen molar-refractivity contribution in [2.45, 2.75) is 11.6 Å². The second-order valence-electron chi connectivity index (χ2n) is 4.87. The van der Waals surface area contributed by atoms with E-state index < -0.39 is 0 Å². The molecule has 0 aromatic heterocycles. The van der Waals surface area contributed by atoms with E-state index in [1.807, 2.05) is 0 Å². The molecule has 0 N–H and O–H groups in total. The molecule has 0 bridgehead atoms. The summed E-state index contributed by atoms with van der Waals surface area (Å²) in [7, 11) is 0. The zero-order chi connectivity index (χ0) is 20.6. The minimum Gasteiger partial charge on any atom is -0.454 e. The molecule has 13 heteroatoms. The fourth-order valence-corrected chi connectivity index (χ4v) is 12.1. The zero-order valence-electron chi connectivity index (χ0n) is 12.9. The molecule has 0 amide bonds. The van der Waals surface area contributed by atoms with E-state index in [-0.39, 0.29) is 6.29 Å². The van der Waals surface area contributed by atoms with Gasteiger partial charge in [-0.05, 0) is 231 Å². The predicted octanol–water partition coefficient (Wildman–Crippen LogP) is 8.57. The molecule has 0 aliphatic carbocycles. The third-order valence-corrected chi connectivity index (χ3v) is 22.7. The Morgan fingerprint density at radius 1 is 0.481 bits per heavy atom. The lowest BCUT2D eigenvalue weighted by Gasteiger charge is -2.24. The SMILES string of the molecule is [AlH2][CH2]C(Oc1c(I)c(I)c(I)c(I)c1I)Oc1c(I)c(I)c(I)c(I)c1I. The molecule has 0 saturated heterocycles. The van der Waals surface area contributed by atoms with Gasteiger partial charge in [0.15, 0.2) is 11.5 Å². The standard InChI is InChI=1S/C14H3I10O2.Al.2H/c1-2(25-13-9(21)5(17)3(15)6(18)10(13)22)26-14-11(23)7(19)4(16)8(20)12(14)24;;;/h2H,1H2;;;. The van der Waals surface area contributed by atoms with Crippen LogP contribution in [-0.4, -0.2) is 22.6 Å². The first kappa shape index (κ1) is 29.1. The number of hydrogen-bond donors (Lipinski definition) is 0. The molecule has 0 aliphatic rings. The Bertz CT molecular complexity index is 775. The molecule has 0 saturated carbocycles. The highest BCUT2D eigenvalue weighted by molar-refractivity contribution is 14.1. The van der Waals surface area contributed by atoms with Crippen molar-refractivity contribution < 1.29 is 9.47 Å². The molecule has 146 valence electrons. The average Bonchev–Trinajstić information content (AvgIpc) is 2.66. The Labute approximate surface area is 302 Å². The van der Waals surface area contributed by atoms with Crippen molar-refractivity contribution >= 4 is 242 Å². The lowest BCUT2D eigenvalue weighted by molar-refractivity contribution is 0.0198. The van der Waals surface area contributed by atoms with Crippen LogP contribution in [0.3, 0.4) is 0 Å². The van der Waals surface area contributed by atoms with Gasteiger partial charge in [-0.3, -0.25) is 0 Å². The maximum Gasteiger partial charge on any atom is 0.229 e. The Kier molecular flexibility index (Phi) is 14.3. The van der Waals surface area contributed by atoms with Crippen LogP contribution < -0.4 is 9.47 Å². The molecule has 0 heterocycles. The van der Waals surface area contributed by atoms with Gasteiger partial charge in [-0.1, -0.05) is 0 Å². The van der Waals surface area contributed by atoms with Gasteiger partial charge >= 0.3 is 0 Å². The lowest BCUT2D eigenvalue weighted by atomic mass is 10.3. The van der Waals surface area contributed by atoms with Crippen LogP contribution in [-0.2, 0) is 0 Å². The molecule has 0 unspecified atom stereocenters. The highest BCUT2D eigenvalue weighted by Crippen LogP contribution is 2.41. The minimum absolute atomic E-state index is 0.279. The largest absolute Gasteiger partial charge is 0.454 e. The van der Waals surface area contributed by atoms with Crippen molar-refractivity contribution in [3.8, 4) is 11.5 Å². The van der Waals surface area contributed by atoms with Gasteiger partial charge in [0.25, 0.3) is 0 Å². The topological polar surface area (TPSA) is 18.5 Å². The van der Waals surface area contributed by atoms with Crippen LogP contribution in [0.4, 0.5) is 0 Å². The van der Waals surface area contributed by atoms with Gasteiger partial charge in [-0.15, -0.1) is 0 Å². The monoisotopic (exact) mass is 1500 g/mol. The molecule has 2 nitrogen and oxygen atoms in total. The van der Waals surface area contributed by atoms with Gasteiger partial charge in [-0.25, -0.2) is 0 Å².